The topological polar surface area (TPSA) is 455 Å². The predicted molar refractivity (Wildman–Crippen MR) is 280 cm³/mol. The van der Waals surface area contributed by atoms with Crippen LogP contribution in [0, 0.1) is 5.92 Å². The second kappa shape index (κ2) is 32.9. The summed E-state index contributed by atoms with van der Waals surface area (Å²) in [5.41, 5.74) is 28.5. The molecule has 2 rings (SSSR count). The monoisotopic (exact) mass is 1090 g/mol. The van der Waals surface area contributed by atoms with Gasteiger partial charge in [0.1, 0.15) is 53.8 Å². The number of amides is 11. The number of nitrogens with two attached hydrogens (primary N) is 5. The number of hydrogen-bond acceptors (Lipinski definition) is 17. The van der Waals surface area contributed by atoms with Crippen LogP contribution in [0.1, 0.15) is 69.9 Å². The largest absolute Gasteiger partial charge is 0.508 e. The molecule has 0 radical (unpaired) electrons. The standard InChI is InChI=1S/C47H71N13O13S2/c1-3-24(2)39(60-45(71)33(56-40(66)29(49)22-74)19-26-9-13-28(62)14-10-26)47(73)55-31(15-16-36(50)63)42(68)58-34(20-37(51)64)44(70)59-35(23-75)46(72)57-32(18-25-7-11-27(61)12-8-25)43(69)54-30(6-4-5-17-48)41(67)53-21-38(52)65/h7-14,24,29-35,39,61-62,74-75H,3-6,15-23,48-49H2,1-2H3,(H2,50,63)(H2,51,64)(H2,52,65)(H,53,67)(H,54,69)(H,55,73)(H,56,66)(H,57,72)(H,58,68)(H,59,70)(H,60,71)/t24?,29-,30+,31+,32+,33+,34+,35+,39+/m1/s1. The number of nitrogens with one attached hydrogen (secondary N) is 8. The highest BCUT2D eigenvalue weighted by molar-refractivity contribution is 7.80. The Kier molecular flexibility index (Phi) is 28.0. The molecular formula is C47H71N13O13S2. The van der Waals surface area contributed by atoms with Crippen molar-refractivity contribution in [2.75, 3.05) is 24.6 Å². The molecule has 26 nitrogen and oxygen atoms in total. The van der Waals surface area contributed by atoms with Gasteiger partial charge in [-0.15, -0.1) is 0 Å². The fourth-order valence-corrected chi connectivity index (χ4v) is 7.46. The summed E-state index contributed by atoms with van der Waals surface area (Å²) in [6.07, 6.45) is -0.884. The van der Waals surface area contributed by atoms with Crippen LogP contribution in [-0.4, -0.2) is 148 Å². The van der Waals surface area contributed by atoms with E-state index in [9.17, 15) is 63.0 Å². The first-order chi connectivity index (χ1) is 35.4. The molecule has 75 heavy (non-hydrogen) atoms. The molecule has 0 spiro atoms. The van der Waals surface area contributed by atoms with E-state index in [1.54, 1.807) is 13.8 Å². The van der Waals surface area contributed by atoms with Crippen molar-refractivity contribution in [2.24, 2.45) is 34.6 Å². The average molecular weight is 1090 g/mol. The van der Waals surface area contributed by atoms with Crippen LogP contribution in [0.15, 0.2) is 48.5 Å². The first-order valence-electron chi connectivity index (χ1n) is 23.9. The Bertz CT molecular complexity index is 2300. The normalized spacial score (nSPS) is 14.5. The summed E-state index contributed by atoms with van der Waals surface area (Å²) >= 11 is 8.25. The van der Waals surface area contributed by atoms with E-state index in [-0.39, 0.29) is 43.1 Å². The number of carbonyl (C=O) groups excluding carboxylic acids is 11. The molecule has 28 heteroatoms. The molecule has 0 aliphatic rings. The van der Waals surface area contributed by atoms with E-state index < -0.39 is 151 Å². The molecule has 0 aliphatic heterocycles. The number of thiol groups is 2. The predicted octanol–water partition coefficient (Wildman–Crippen LogP) is -4.62. The van der Waals surface area contributed by atoms with Crippen molar-refractivity contribution < 1.29 is 63.0 Å². The Morgan fingerprint density at radius 3 is 1.44 bits per heavy atom. The number of phenolic OH excluding ortho intramolecular Hbond substituents is 2. The summed E-state index contributed by atoms with van der Waals surface area (Å²) in [5, 5.41) is 39.4. The lowest BCUT2D eigenvalue weighted by Gasteiger charge is -2.29. The van der Waals surface area contributed by atoms with Crippen molar-refractivity contribution >= 4 is 90.2 Å². The molecule has 9 atom stereocenters. The number of unbranched alkanes of at least 4 members (excludes halogenated alkanes) is 1. The first kappa shape index (κ1) is 63.9. The quantitative estimate of drug-likeness (QED) is 0.0232. The van der Waals surface area contributed by atoms with Crippen LogP contribution in [0.5, 0.6) is 11.5 Å². The minimum absolute atomic E-state index is 0.0542. The molecule has 414 valence electrons. The molecule has 2 aromatic rings. The lowest BCUT2D eigenvalue weighted by atomic mass is 9.96. The van der Waals surface area contributed by atoms with Gasteiger partial charge in [0.15, 0.2) is 0 Å². The van der Waals surface area contributed by atoms with Crippen LogP contribution in [-0.2, 0) is 65.6 Å². The van der Waals surface area contributed by atoms with E-state index in [1.165, 1.54) is 48.5 Å². The molecule has 20 N–H and O–H groups in total. The molecule has 0 bridgehead atoms. The number of rotatable bonds is 34. The van der Waals surface area contributed by atoms with Gasteiger partial charge in [-0.3, -0.25) is 52.7 Å². The van der Waals surface area contributed by atoms with Gasteiger partial charge >= 0.3 is 0 Å². The Hall–Kier alpha value is -7.17. The van der Waals surface area contributed by atoms with Crippen LogP contribution in [0.4, 0.5) is 0 Å². The molecule has 0 saturated heterocycles. The zero-order valence-electron chi connectivity index (χ0n) is 41.7. The van der Waals surface area contributed by atoms with Crippen molar-refractivity contribution in [3.05, 3.63) is 59.7 Å². The van der Waals surface area contributed by atoms with E-state index in [2.05, 4.69) is 67.8 Å². The molecule has 0 heterocycles. The SMILES string of the molecule is CCC(C)[C@H](NC(=O)[C@H](Cc1ccc(O)cc1)NC(=O)[C@H](N)CS)C(=O)N[C@@H](CCC(N)=O)C(=O)N[C@@H](CC(N)=O)C(=O)N[C@@H](CS)C(=O)N[C@@H](Cc1ccc(O)cc1)C(=O)N[C@@H](CCCCN)C(=O)NCC(N)=O. The van der Waals surface area contributed by atoms with Gasteiger partial charge in [-0.25, -0.2) is 0 Å². The van der Waals surface area contributed by atoms with E-state index in [1.807, 2.05) is 0 Å². The van der Waals surface area contributed by atoms with Gasteiger partial charge in [0, 0.05) is 30.8 Å². The lowest BCUT2D eigenvalue weighted by molar-refractivity contribution is -0.137. The van der Waals surface area contributed by atoms with Crippen LogP contribution >= 0.6 is 25.3 Å². The third-order valence-electron chi connectivity index (χ3n) is 11.5. The molecule has 0 aromatic heterocycles. The maximum atomic E-state index is 14.1. The summed E-state index contributed by atoms with van der Waals surface area (Å²) in [4.78, 5) is 145. The molecule has 1 unspecified atom stereocenters. The van der Waals surface area contributed by atoms with Crippen LogP contribution in [0.25, 0.3) is 0 Å². The summed E-state index contributed by atoms with van der Waals surface area (Å²) in [6, 6.07) is -0.155. The van der Waals surface area contributed by atoms with Gasteiger partial charge in [0.2, 0.25) is 65.0 Å². The second-order valence-corrected chi connectivity index (χ2v) is 18.3. The number of aromatic hydroxyl groups is 2. The first-order valence-corrected chi connectivity index (χ1v) is 25.2. The van der Waals surface area contributed by atoms with Crippen LogP contribution < -0.4 is 71.2 Å². The highest BCUT2D eigenvalue weighted by Gasteiger charge is 2.36. The number of primary amides is 3. The van der Waals surface area contributed by atoms with Crippen molar-refractivity contribution in [1.82, 2.24) is 42.5 Å². The molecule has 0 fully saturated rings. The Morgan fingerprint density at radius 2 is 0.960 bits per heavy atom. The van der Waals surface area contributed by atoms with Crippen molar-refractivity contribution in [2.45, 2.75) is 120 Å². The average Bonchev–Trinajstić information content (AvgIpc) is 3.36. The Balaban J connectivity index is 2.42. The highest BCUT2D eigenvalue weighted by atomic mass is 32.1. The summed E-state index contributed by atoms with van der Waals surface area (Å²) in [6.45, 7) is 3.08. The third-order valence-corrected chi connectivity index (χ3v) is 12.3. The lowest BCUT2D eigenvalue weighted by Crippen LogP contribution is -2.61. The number of benzene rings is 2. The Morgan fingerprint density at radius 1 is 0.520 bits per heavy atom. The Labute approximate surface area is 444 Å². The minimum atomic E-state index is -1.83. The second-order valence-electron chi connectivity index (χ2n) is 17.6. The third kappa shape index (κ3) is 23.3. The van der Waals surface area contributed by atoms with Crippen LogP contribution in [0.2, 0.25) is 0 Å². The number of carbonyl (C=O) groups is 11. The van der Waals surface area contributed by atoms with Crippen molar-refractivity contribution in [3.63, 3.8) is 0 Å². The van der Waals surface area contributed by atoms with Gasteiger partial charge in [0.05, 0.1) is 19.0 Å². The maximum absolute atomic E-state index is 14.1. The van der Waals surface area contributed by atoms with E-state index >= 15 is 0 Å². The fraction of sp³-hybridized carbons (Fsp3) is 0.511. The molecular weight excluding hydrogens is 1020 g/mol. The van der Waals surface area contributed by atoms with E-state index in [0.29, 0.717) is 30.4 Å². The van der Waals surface area contributed by atoms with E-state index in [0.717, 1.165) is 0 Å². The number of phenols is 2. The maximum Gasteiger partial charge on any atom is 0.244 e. The van der Waals surface area contributed by atoms with E-state index in [4.69, 9.17) is 28.7 Å². The number of hydrogen-bond donors (Lipinski definition) is 17. The van der Waals surface area contributed by atoms with Crippen molar-refractivity contribution in [3.8, 4) is 11.5 Å². The van der Waals surface area contributed by atoms with Gasteiger partial charge in [0.25, 0.3) is 0 Å². The molecule has 0 aliphatic carbocycles. The summed E-state index contributed by atoms with van der Waals surface area (Å²) < 4.78 is 0. The molecule has 0 saturated carbocycles. The fourth-order valence-electron chi connectivity index (χ4n) is 7.04. The molecule has 2 aromatic carbocycles. The van der Waals surface area contributed by atoms with Gasteiger partial charge in [-0.05, 0) is 73.5 Å². The van der Waals surface area contributed by atoms with Gasteiger partial charge in [-0.1, -0.05) is 44.5 Å². The highest BCUT2D eigenvalue weighted by Crippen LogP contribution is 2.16. The zero-order valence-corrected chi connectivity index (χ0v) is 43.5. The summed E-state index contributed by atoms with van der Waals surface area (Å²) in [5.74, 6) is -11.5. The van der Waals surface area contributed by atoms with Crippen molar-refractivity contribution in [1.29, 1.82) is 0 Å². The van der Waals surface area contributed by atoms with Crippen LogP contribution in [0.3, 0.4) is 0 Å². The summed E-state index contributed by atoms with van der Waals surface area (Å²) in [7, 11) is 0. The molecule has 11 amide bonds. The van der Waals surface area contributed by atoms with Gasteiger partial charge in [-0.2, -0.15) is 25.3 Å². The van der Waals surface area contributed by atoms with Gasteiger partial charge < -0.3 is 81.4 Å². The minimum Gasteiger partial charge on any atom is -0.508 e. The smallest absolute Gasteiger partial charge is 0.244 e. The zero-order chi connectivity index (χ0) is 56.4.